The van der Waals surface area contributed by atoms with Gasteiger partial charge in [-0.25, -0.2) is 4.39 Å². The molecule has 1 aromatic heterocycles. The minimum atomic E-state index is -1.08. The number of hydrogen-bond donors (Lipinski definition) is 2. The first-order valence-corrected chi connectivity index (χ1v) is 7.15. The minimum absolute atomic E-state index is 0.106. The average Bonchev–Trinajstić information content (AvgIpc) is 2.81. The van der Waals surface area contributed by atoms with Crippen LogP contribution in [0.1, 0.15) is 45.8 Å². The molecule has 2 N–H and O–H groups in total. The fourth-order valence-corrected chi connectivity index (χ4v) is 2.30. The Morgan fingerprint density at radius 3 is 2.61 bits per heavy atom. The number of hydrogen-bond acceptors (Lipinski definition) is 3. The number of carboxylic acid groups (broad SMARTS) is 1. The summed E-state index contributed by atoms with van der Waals surface area (Å²) in [6.45, 7) is 5.06. The van der Waals surface area contributed by atoms with Gasteiger partial charge < -0.3 is 14.8 Å². The van der Waals surface area contributed by atoms with E-state index >= 15 is 0 Å². The minimum Gasteiger partial charge on any atom is -0.481 e. The third-order valence-electron chi connectivity index (χ3n) is 3.63. The fourth-order valence-electron chi connectivity index (χ4n) is 2.30. The van der Waals surface area contributed by atoms with Gasteiger partial charge in [0.25, 0.3) is 5.91 Å². The second-order valence-electron chi connectivity index (χ2n) is 5.49. The molecule has 1 amide bonds. The standard InChI is InChI=1S/C17H18FNO4/c1-9-4-5-12(6-13(9)18)11(3)19-17(22)16-10(2)8-23-14(16)7-15(20)21/h4-6,8,11H,7H2,1-3H3,(H,19,22)(H,20,21). The van der Waals surface area contributed by atoms with Gasteiger partial charge in [-0.2, -0.15) is 0 Å². The van der Waals surface area contributed by atoms with Crippen molar-refractivity contribution >= 4 is 11.9 Å². The molecule has 122 valence electrons. The number of benzene rings is 1. The van der Waals surface area contributed by atoms with Crippen molar-refractivity contribution in [2.75, 3.05) is 0 Å². The van der Waals surface area contributed by atoms with Gasteiger partial charge in [0.05, 0.1) is 17.9 Å². The van der Waals surface area contributed by atoms with Crippen LogP contribution in [-0.2, 0) is 11.2 Å². The summed E-state index contributed by atoms with van der Waals surface area (Å²) < 4.78 is 18.8. The van der Waals surface area contributed by atoms with Crippen molar-refractivity contribution in [1.82, 2.24) is 5.32 Å². The maximum Gasteiger partial charge on any atom is 0.311 e. The zero-order valence-electron chi connectivity index (χ0n) is 13.1. The first-order valence-electron chi connectivity index (χ1n) is 7.15. The highest BCUT2D eigenvalue weighted by molar-refractivity contribution is 5.97. The molecule has 1 unspecified atom stereocenters. The molecule has 23 heavy (non-hydrogen) atoms. The van der Waals surface area contributed by atoms with Gasteiger partial charge in [0.2, 0.25) is 0 Å². The number of carboxylic acids is 1. The maximum atomic E-state index is 13.6. The van der Waals surface area contributed by atoms with Gasteiger partial charge in [0.15, 0.2) is 0 Å². The number of aryl methyl sites for hydroxylation is 2. The summed E-state index contributed by atoms with van der Waals surface area (Å²) >= 11 is 0. The van der Waals surface area contributed by atoms with Crippen LogP contribution in [-0.4, -0.2) is 17.0 Å². The third-order valence-corrected chi connectivity index (χ3v) is 3.63. The molecule has 6 heteroatoms. The monoisotopic (exact) mass is 319 g/mol. The summed E-state index contributed by atoms with van der Waals surface area (Å²) in [5.74, 6) is -1.76. The zero-order valence-corrected chi connectivity index (χ0v) is 13.1. The van der Waals surface area contributed by atoms with Crippen LogP contribution >= 0.6 is 0 Å². The summed E-state index contributed by atoms with van der Waals surface area (Å²) in [4.78, 5) is 23.2. The van der Waals surface area contributed by atoms with Gasteiger partial charge in [-0.3, -0.25) is 9.59 Å². The molecule has 0 aliphatic carbocycles. The molecule has 5 nitrogen and oxygen atoms in total. The first kappa shape index (κ1) is 16.7. The Labute approximate surface area is 133 Å². The predicted octanol–water partition coefficient (Wildman–Crippen LogP) is 3.15. The van der Waals surface area contributed by atoms with E-state index in [0.29, 0.717) is 16.7 Å². The van der Waals surface area contributed by atoms with Gasteiger partial charge in [0, 0.05) is 5.56 Å². The number of halogens is 1. The van der Waals surface area contributed by atoms with Gasteiger partial charge in [-0.1, -0.05) is 12.1 Å². The number of amides is 1. The zero-order chi connectivity index (χ0) is 17.1. The van der Waals surface area contributed by atoms with E-state index < -0.39 is 17.9 Å². The van der Waals surface area contributed by atoms with Crippen LogP contribution in [0.2, 0.25) is 0 Å². The van der Waals surface area contributed by atoms with Crippen molar-refractivity contribution in [1.29, 1.82) is 0 Å². The van der Waals surface area contributed by atoms with E-state index in [4.69, 9.17) is 9.52 Å². The van der Waals surface area contributed by atoms with Gasteiger partial charge >= 0.3 is 5.97 Å². The first-order chi connectivity index (χ1) is 10.8. The predicted molar refractivity (Wildman–Crippen MR) is 81.8 cm³/mol. The van der Waals surface area contributed by atoms with Gasteiger partial charge in [0.1, 0.15) is 18.0 Å². The van der Waals surface area contributed by atoms with E-state index in [-0.39, 0.29) is 23.6 Å². The fraction of sp³-hybridized carbons (Fsp3) is 0.294. The number of aliphatic carboxylic acids is 1. The highest BCUT2D eigenvalue weighted by Gasteiger charge is 2.22. The highest BCUT2D eigenvalue weighted by Crippen LogP contribution is 2.20. The second kappa shape index (κ2) is 6.64. The lowest BCUT2D eigenvalue weighted by Crippen LogP contribution is -2.28. The summed E-state index contributed by atoms with van der Waals surface area (Å²) in [6.07, 6.45) is 0.980. The van der Waals surface area contributed by atoms with Crippen LogP contribution in [0.4, 0.5) is 4.39 Å². The van der Waals surface area contributed by atoms with Crippen LogP contribution in [0, 0.1) is 19.7 Å². The molecule has 2 rings (SSSR count). The molecule has 0 aliphatic heterocycles. The molecule has 0 fully saturated rings. The second-order valence-corrected chi connectivity index (χ2v) is 5.49. The van der Waals surface area contributed by atoms with Gasteiger partial charge in [-0.15, -0.1) is 0 Å². The van der Waals surface area contributed by atoms with Crippen LogP contribution in [0.5, 0.6) is 0 Å². The number of rotatable bonds is 5. The largest absolute Gasteiger partial charge is 0.481 e. The van der Waals surface area contributed by atoms with Crippen LogP contribution in [0.15, 0.2) is 28.9 Å². The molecule has 1 atom stereocenters. The van der Waals surface area contributed by atoms with Crippen molar-refractivity contribution in [2.24, 2.45) is 0 Å². The quantitative estimate of drug-likeness (QED) is 0.887. The summed E-state index contributed by atoms with van der Waals surface area (Å²) in [6, 6.07) is 4.33. The molecule has 0 spiro atoms. The smallest absolute Gasteiger partial charge is 0.311 e. The molecule has 2 aromatic rings. The van der Waals surface area contributed by atoms with E-state index in [9.17, 15) is 14.0 Å². The Hall–Kier alpha value is -2.63. The number of furan rings is 1. The highest BCUT2D eigenvalue weighted by atomic mass is 19.1. The van der Waals surface area contributed by atoms with Crippen LogP contribution in [0.3, 0.4) is 0 Å². The molecular weight excluding hydrogens is 301 g/mol. The molecule has 1 heterocycles. The third kappa shape index (κ3) is 3.77. The van der Waals surface area contributed by atoms with Crippen molar-refractivity contribution in [3.8, 4) is 0 Å². The molecule has 0 radical (unpaired) electrons. The molecule has 0 aliphatic rings. The molecule has 0 bridgehead atoms. The lowest BCUT2D eigenvalue weighted by atomic mass is 10.0. The Morgan fingerprint density at radius 1 is 1.30 bits per heavy atom. The summed E-state index contributed by atoms with van der Waals surface area (Å²) in [5.41, 5.74) is 1.93. The Bertz CT molecular complexity index is 751. The van der Waals surface area contributed by atoms with E-state index in [1.54, 1.807) is 32.9 Å². The van der Waals surface area contributed by atoms with Crippen LogP contribution in [0.25, 0.3) is 0 Å². The van der Waals surface area contributed by atoms with E-state index in [0.717, 1.165) is 0 Å². The SMILES string of the molecule is Cc1ccc(C(C)NC(=O)c2c(C)coc2CC(=O)O)cc1F. The Kier molecular flexibility index (Phi) is 4.83. The van der Waals surface area contributed by atoms with E-state index in [2.05, 4.69) is 5.32 Å². The Balaban J connectivity index is 2.20. The number of carbonyl (C=O) groups excluding carboxylic acids is 1. The van der Waals surface area contributed by atoms with Crippen molar-refractivity contribution in [3.63, 3.8) is 0 Å². The normalized spacial score (nSPS) is 12.0. The lowest BCUT2D eigenvalue weighted by molar-refractivity contribution is -0.136. The number of nitrogens with one attached hydrogen (secondary N) is 1. The number of carbonyl (C=O) groups is 2. The van der Waals surface area contributed by atoms with Crippen molar-refractivity contribution < 1.29 is 23.5 Å². The van der Waals surface area contributed by atoms with Crippen LogP contribution < -0.4 is 5.32 Å². The Morgan fingerprint density at radius 2 is 2.00 bits per heavy atom. The van der Waals surface area contributed by atoms with Gasteiger partial charge in [-0.05, 0) is 38.0 Å². The van der Waals surface area contributed by atoms with E-state index in [1.165, 1.54) is 12.3 Å². The van der Waals surface area contributed by atoms with Crippen molar-refractivity contribution in [2.45, 2.75) is 33.2 Å². The summed E-state index contributed by atoms with van der Waals surface area (Å²) in [7, 11) is 0. The van der Waals surface area contributed by atoms with Crippen molar-refractivity contribution in [3.05, 3.63) is 58.3 Å². The van der Waals surface area contributed by atoms with E-state index in [1.807, 2.05) is 0 Å². The topological polar surface area (TPSA) is 79.5 Å². The molecule has 1 aromatic carbocycles. The average molecular weight is 319 g/mol. The summed E-state index contributed by atoms with van der Waals surface area (Å²) in [5, 5.41) is 11.6. The molecule has 0 saturated heterocycles. The maximum absolute atomic E-state index is 13.6. The molecule has 0 saturated carbocycles. The lowest BCUT2D eigenvalue weighted by Gasteiger charge is -2.15. The molecular formula is C17H18FNO4.